The van der Waals surface area contributed by atoms with Crippen molar-refractivity contribution in [2.24, 2.45) is 5.92 Å². The second-order valence-corrected chi connectivity index (χ2v) is 5.12. The van der Waals surface area contributed by atoms with Gasteiger partial charge in [0.25, 0.3) is 0 Å². The fourth-order valence-corrected chi connectivity index (χ4v) is 1.95. The molecule has 0 fully saturated rings. The first-order valence-corrected chi connectivity index (χ1v) is 6.95. The lowest BCUT2D eigenvalue weighted by Crippen LogP contribution is -2.08. The predicted molar refractivity (Wildman–Crippen MR) is 79.7 cm³/mol. The largest absolute Gasteiger partial charge is 0.491 e. The van der Waals surface area contributed by atoms with Crippen molar-refractivity contribution < 1.29 is 9.47 Å². The molecule has 0 atom stereocenters. The fraction of sp³-hybridized carbons (Fsp3) is 0.412. The molecule has 2 aromatic carbocycles. The van der Waals surface area contributed by atoms with Gasteiger partial charge in [-0.15, -0.1) is 0 Å². The van der Waals surface area contributed by atoms with Gasteiger partial charge < -0.3 is 9.47 Å². The van der Waals surface area contributed by atoms with E-state index in [4.69, 9.17) is 9.47 Å². The highest BCUT2D eigenvalue weighted by Gasteiger charge is 2.01. The monoisotopic (exact) mass is 258 g/mol. The Balaban J connectivity index is 1.82. The molecule has 0 N–H and O–H groups in total. The first kappa shape index (κ1) is 13.9. The summed E-state index contributed by atoms with van der Waals surface area (Å²) in [6.07, 6.45) is 1.11. The summed E-state index contributed by atoms with van der Waals surface area (Å²) in [5.41, 5.74) is 0. The Kier molecular flexibility index (Phi) is 5.22. The van der Waals surface area contributed by atoms with Crippen LogP contribution in [0.15, 0.2) is 42.5 Å². The molecular weight excluding hydrogens is 236 g/mol. The maximum absolute atomic E-state index is 5.80. The highest BCUT2D eigenvalue weighted by molar-refractivity contribution is 5.88. The molecule has 0 aromatic heterocycles. The zero-order chi connectivity index (χ0) is 13.5. The van der Waals surface area contributed by atoms with E-state index in [0.717, 1.165) is 24.2 Å². The van der Waals surface area contributed by atoms with E-state index in [1.807, 2.05) is 24.3 Å². The molecule has 0 unspecified atom stereocenters. The molecule has 0 aliphatic heterocycles. The SMILES string of the molecule is CC(C)CCOCCOc1cccc2ccccc12. The van der Waals surface area contributed by atoms with E-state index < -0.39 is 0 Å². The van der Waals surface area contributed by atoms with E-state index in [0.29, 0.717) is 19.1 Å². The van der Waals surface area contributed by atoms with Gasteiger partial charge in [-0.25, -0.2) is 0 Å². The molecule has 0 spiro atoms. The van der Waals surface area contributed by atoms with E-state index in [1.54, 1.807) is 0 Å². The van der Waals surface area contributed by atoms with Crippen LogP contribution in [0.5, 0.6) is 5.75 Å². The van der Waals surface area contributed by atoms with E-state index in [-0.39, 0.29) is 0 Å². The topological polar surface area (TPSA) is 18.5 Å². The van der Waals surface area contributed by atoms with Crippen LogP contribution in [0.2, 0.25) is 0 Å². The van der Waals surface area contributed by atoms with Crippen molar-refractivity contribution in [3.05, 3.63) is 42.5 Å². The van der Waals surface area contributed by atoms with Crippen molar-refractivity contribution in [2.75, 3.05) is 19.8 Å². The Bertz CT molecular complexity index is 500. The zero-order valence-electron chi connectivity index (χ0n) is 11.8. The third-order valence-electron chi connectivity index (χ3n) is 3.07. The summed E-state index contributed by atoms with van der Waals surface area (Å²) < 4.78 is 11.4. The van der Waals surface area contributed by atoms with E-state index in [2.05, 4.69) is 32.0 Å². The van der Waals surface area contributed by atoms with Gasteiger partial charge in [-0.2, -0.15) is 0 Å². The first-order chi connectivity index (χ1) is 9.27. The van der Waals surface area contributed by atoms with Gasteiger partial charge in [0, 0.05) is 12.0 Å². The van der Waals surface area contributed by atoms with Crippen molar-refractivity contribution in [1.29, 1.82) is 0 Å². The standard InChI is InChI=1S/C17H22O2/c1-14(2)10-11-18-12-13-19-17-9-5-7-15-6-3-4-8-16(15)17/h3-9,14H,10-13H2,1-2H3. The average Bonchev–Trinajstić information content (AvgIpc) is 2.42. The molecule has 0 heterocycles. The lowest BCUT2D eigenvalue weighted by atomic mass is 10.1. The molecule has 0 saturated carbocycles. The summed E-state index contributed by atoms with van der Waals surface area (Å²) in [7, 11) is 0. The van der Waals surface area contributed by atoms with Gasteiger partial charge in [-0.1, -0.05) is 50.2 Å². The number of ether oxygens (including phenoxy) is 2. The number of benzene rings is 2. The second kappa shape index (κ2) is 7.15. The van der Waals surface area contributed by atoms with Crippen molar-refractivity contribution in [2.45, 2.75) is 20.3 Å². The minimum absolute atomic E-state index is 0.603. The molecule has 0 radical (unpaired) electrons. The number of hydrogen-bond donors (Lipinski definition) is 0. The van der Waals surface area contributed by atoms with Crippen LogP contribution < -0.4 is 4.74 Å². The molecule has 0 bridgehead atoms. The Morgan fingerprint density at radius 1 is 0.895 bits per heavy atom. The Hall–Kier alpha value is -1.54. The van der Waals surface area contributed by atoms with Crippen molar-refractivity contribution >= 4 is 10.8 Å². The van der Waals surface area contributed by atoms with Crippen LogP contribution in [0, 0.1) is 5.92 Å². The van der Waals surface area contributed by atoms with Gasteiger partial charge in [0.1, 0.15) is 12.4 Å². The number of hydrogen-bond acceptors (Lipinski definition) is 2. The zero-order valence-corrected chi connectivity index (χ0v) is 11.8. The molecule has 2 aromatic rings. The Morgan fingerprint density at radius 2 is 1.68 bits per heavy atom. The fourth-order valence-electron chi connectivity index (χ4n) is 1.95. The molecule has 0 aliphatic rings. The maximum Gasteiger partial charge on any atom is 0.127 e. The van der Waals surface area contributed by atoms with Gasteiger partial charge in [0.15, 0.2) is 0 Å². The Morgan fingerprint density at radius 3 is 2.53 bits per heavy atom. The molecule has 19 heavy (non-hydrogen) atoms. The summed E-state index contributed by atoms with van der Waals surface area (Å²) in [5.74, 6) is 1.63. The normalized spacial score (nSPS) is 11.1. The van der Waals surface area contributed by atoms with Crippen LogP contribution in [-0.2, 0) is 4.74 Å². The van der Waals surface area contributed by atoms with Crippen molar-refractivity contribution in [3.8, 4) is 5.75 Å². The van der Waals surface area contributed by atoms with E-state index in [9.17, 15) is 0 Å². The van der Waals surface area contributed by atoms with E-state index >= 15 is 0 Å². The highest BCUT2D eigenvalue weighted by Crippen LogP contribution is 2.24. The predicted octanol–water partition coefficient (Wildman–Crippen LogP) is 4.28. The molecule has 102 valence electrons. The lowest BCUT2D eigenvalue weighted by Gasteiger charge is -2.10. The molecule has 0 saturated heterocycles. The molecule has 0 aliphatic carbocycles. The third-order valence-corrected chi connectivity index (χ3v) is 3.07. The molecule has 2 rings (SSSR count). The molecule has 2 heteroatoms. The first-order valence-electron chi connectivity index (χ1n) is 6.95. The average molecular weight is 258 g/mol. The molecule has 2 nitrogen and oxygen atoms in total. The van der Waals surface area contributed by atoms with Gasteiger partial charge in [0.2, 0.25) is 0 Å². The minimum Gasteiger partial charge on any atom is -0.491 e. The van der Waals surface area contributed by atoms with E-state index in [1.165, 1.54) is 5.39 Å². The van der Waals surface area contributed by atoms with Crippen LogP contribution >= 0.6 is 0 Å². The number of rotatable bonds is 7. The third kappa shape index (κ3) is 4.25. The van der Waals surface area contributed by atoms with Gasteiger partial charge >= 0.3 is 0 Å². The van der Waals surface area contributed by atoms with Crippen LogP contribution in [-0.4, -0.2) is 19.8 Å². The van der Waals surface area contributed by atoms with Crippen molar-refractivity contribution in [1.82, 2.24) is 0 Å². The number of fused-ring (bicyclic) bond motifs is 1. The van der Waals surface area contributed by atoms with Gasteiger partial charge in [-0.3, -0.25) is 0 Å². The summed E-state index contributed by atoms with van der Waals surface area (Å²) in [6, 6.07) is 14.4. The summed E-state index contributed by atoms with van der Waals surface area (Å²) in [6.45, 7) is 6.48. The summed E-state index contributed by atoms with van der Waals surface area (Å²) in [4.78, 5) is 0. The lowest BCUT2D eigenvalue weighted by molar-refractivity contribution is 0.0930. The van der Waals surface area contributed by atoms with Crippen LogP contribution in [0.3, 0.4) is 0 Å². The quantitative estimate of drug-likeness (QED) is 0.690. The Labute approximate surface area is 115 Å². The van der Waals surface area contributed by atoms with Crippen LogP contribution in [0.1, 0.15) is 20.3 Å². The summed E-state index contributed by atoms with van der Waals surface area (Å²) in [5, 5.41) is 2.37. The van der Waals surface area contributed by atoms with Crippen LogP contribution in [0.4, 0.5) is 0 Å². The highest BCUT2D eigenvalue weighted by atomic mass is 16.5. The second-order valence-electron chi connectivity index (χ2n) is 5.12. The minimum atomic E-state index is 0.603. The van der Waals surface area contributed by atoms with Crippen LogP contribution in [0.25, 0.3) is 10.8 Å². The summed E-state index contributed by atoms with van der Waals surface area (Å²) >= 11 is 0. The van der Waals surface area contributed by atoms with Crippen molar-refractivity contribution in [3.63, 3.8) is 0 Å². The van der Waals surface area contributed by atoms with Gasteiger partial charge in [0.05, 0.1) is 6.61 Å². The molecular formula is C17H22O2. The van der Waals surface area contributed by atoms with Gasteiger partial charge in [-0.05, 0) is 23.8 Å². The smallest absolute Gasteiger partial charge is 0.127 e. The maximum atomic E-state index is 5.80. The molecule has 0 amide bonds.